The molecule has 34 heavy (non-hydrogen) atoms. The molecule has 9 heteroatoms. The second kappa shape index (κ2) is 10.5. The minimum absolute atomic E-state index is 0.0214. The summed E-state index contributed by atoms with van der Waals surface area (Å²) in [5.74, 6) is 0.0309. The lowest BCUT2D eigenvalue weighted by molar-refractivity contribution is -0.134. The number of halogens is 1. The van der Waals surface area contributed by atoms with Crippen LogP contribution in [0.4, 0.5) is 0 Å². The van der Waals surface area contributed by atoms with E-state index < -0.39 is 5.91 Å². The Labute approximate surface area is 202 Å². The first-order valence-corrected chi connectivity index (χ1v) is 11.2. The number of hydrazone groups is 1. The summed E-state index contributed by atoms with van der Waals surface area (Å²) in [7, 11) is 2.05. The van der Waals surface area contributed by atoms with E-state index in [-0.39, 0.29) is 28.8 Å². The maximum absolute atomic E-state index is 12.5. The van der Waals surface area contributed by atoms with Crippen LogP contribution in [0.2, 0.25) is 5.02 Å². The quantitative estimate of drug-likeness (QED) is 0.417. The number of piperazine rings is 1. The molecule has 176 valence electrons. The van der Waals surface area contributed by atoms with Gasteiger partial charge in [-0.3, -0.25) is 9.59 Å². The van der Waals surface area contributed by atoms with Gasteiger partial charge in [0.15, 0.2) is 6.61 Å². The first kappa shape index (κ1) is 23.5. The van der Waals surface area contributed by atoms with Crippen molar-refractivity contribution in [1.29, 1.82) is 0 Å². The van der Waals surface area contributed by atoms with Crippen molar-refractivity contribution in [2.75, 3.05) is 39.8 Å². The van der Waals surface area contributed by atoms with Gasteiger partial charge in [0.25, 0.3) is 11.8 Å². The highest BCUT2D eigenvalue weighted by Gasteiger charge is 2.19. The molecule has 1 aliphatic rings. The van der Waals surface area contributed by atoms with Gasteiger partial charge in [-0.25, -0.2) is 5.43 Å². The molecule has 1 saturated heterocycles. The van der Waals surface area contributed by atoms with Crippen LogP contribution >= 0.6 is 11.6 Å². The van der Waals surface area contributed by atoms with Crippen LogP contribution in [0.3, 0.4) is 0 Å². The van der Waals surface area contributed by atoms with Crippen LogP contribution < -0.4 is 10.2 Å². The van der Waals surface area contributed by atoms with Crippen LogP contribution in [0.5, 0.6) is 11.5 Å². The van der Waals surface area contributed by atoms with Gasteiger partial charge in [0.05, 0.1) is 11.2 Å². The number of aromatic hydroxyl groups is 1. The summed E-state index contributed by atoms with van der Waals surface area (Å²) in [5.41, 5.74) is 3.51. The molecule has 1 fully saturated rings. The smallest absolute Gasteiger partial charge is 0.271 e. The second-order valence-electron chi connectivity index (χ2n) is 8.04. The number of carbonyl (C=O) groups excluding carboxylic acids is 2. The summed E-state index contributed by atoms with van der Waals surface area (Å²) < 4.78 is 5.89. The van der Waals surface area contributed by atoms with Gasteiger partial charge in [-0.05, 0) is 42.8 Å². The van der Waals surface area contributed by atoms with E-state index in [0.29, 0.717) is 18.8 Å². The number of ether oxygens (including phenoxy) is 1. The molecule has 3 aromatic carbocycles. The topological polar surface area (TPSA) is 94.5 Å². The number of hydrogen-bond acceptors (Lipinski definition) is 6. The molecule has 8 nitrogen and oxygen atoms in total. The zero-order valence-electron chi connectivity index (χ0n) is 18.7. The number of amides is 2. The third kappa shape index (κ3) is 5.47. The van der Waals surface area contributed by atoms with E-state index in [1.807, 2.05) is 42.3 Å². The number of benzene rings is 3. The third-order valence-corrected chi connectivity index (χ3v) is 6.01. The number of fused-ring (bicyclic) bond motifs is 1. The second-order valence-corrected chi connectivity index (χ2v) is 8.44. The molecule has 0 atom stereocenters. The monoisotopic (exact) mass is 480 g/mol. The minimum Gasteiger partial charge on any atom is -0.506 e. The fourth-order valence-electron chi connectivity index (χ4n) is 3.69. The van der Waals surface area contributed by atoms with Crippen LogP contribution in [-0.2, 0) is 4.79 Å². The highest BCUT2D eigenvalue weighted by molar-refractivity contribution is 6.32. The molecule has 0 unspecified atom stereocenters. The van der Waals surface area contributed by atoms with E-state index >= 15 is 0 Å². The van der Waals surface area contributed by atoms with E-state index in [4.69, 9.17) is 16.3 Å². The van der Waals surface area contributed by atoms with Crippen LogP contribution in [0, 0.1) is 0 Å². The molecule has 2 N–H and O–H groups in total. The third-order valence-electron chi connectivity index (χ3n) is 5.70. The summed E-state index contributed by atoms with van der Waals surface area (Å²) in [6.45, 7) is 3.11. The number of likely N-dealkylation sites (N-methyl/N-ethyl adjacent to an activating group) is 1. The first-order chi connectivity index (χ1) is 16.4. The number of nitrogens with zero attached hydrogens (tertiary/aromatic N) is 3. The van der Waals surface area contributed by atoms with Crippen molar-refractivity contribution in [3.63, 3.8) is 0 Å². The molecule has 0 aromatic heterocycles. The molecule has 0 spiro atoms. The Balaban J connectivity index is 1.44. The number of carbonyl (C=O) groups is 2. The average Bonchev–Trinajstić information content (AvgIpc) is 2.85. The van der Waals surface area contributed by atoms with Gasteiger partial charge in [-0.1, -0.05) is 35.9 Å². The van der Waals surface area contributed by atoms with Gasteiger partial charge in [-0.2, -0.15) is 5.10 Å². The molecule has 0 bridgehead atoms. The van der Waals surface area contributed by atoms with Gasteiger partial charge >= 0.3 is 0 Å². The number of rotatable bonds is 6. The molecule has 2 amide bonds. The van der Waals surface area contributed by atoms with Crippen LogP contribution in [-0.4, -0.2) is 72.8 Å². The molecular weight excluding hydrogens is 456 g/mol. The number of phenols is 1. The van der Waals surface area contributed by atoms with Crippen molar-refractivity contribution in [2.45, 2.75) is 0 Å². The minimum atomic E-state index is -0.454. The predicted molar refractivity (Wildman–Crippen MR) is 132 cm³/mol. The van der Waals surface area contributed by atoms with Gasteiger partial charge < -0.3 is 19.6 Å². The molecule has 3 aromatic rings. The first-order valence-electron chi connectivity index (χ1n) is 10.8. The van der Waals surface area contributed by atoms with Crippen LogP contribution in [0.1, 0.15) is 15.9 Å². The van der Waals surface area contributed by atoms with Crippen molar-refractivity contribution in [3.05, 3.63) is 70.7 Å². The molecule has 1 aliphatic heterocycles. The summed E-state index contributed by atoms with van der Waals surface area (Å²) in [6, 6.07) is 15.4. The number of phenolic OH excluding ortho intramolecular Hbond substituents is 1. The summed E-state index contributed by atoms with van der Waals surface area (Å²) in [6.07, 6.45) is 1.54. The summed E-state index contributed by atoms with van der Waals surface area (Å²) >= 11 is 5.86. The van der Waals surface area contributed by atoms with Crippen molar-refractivity contribution in [2.24, 2.45) is 5.10 Å². The van der Waals surface area contributed by atoms with Crippen LogP contribution in [0.15, 0.2) is 59.7 Å². The van der Waals surface area contributed by atoms with E-state index in [0.717, 1.165) is 29.4 Å². The van der Waals surface area contributed by atoms with Gasteiger partial charge in [0, 0.05) is 42.7 Å². The van der Waals surface area contributed by atoms with Gasteiger partial charge in [-0.15, -0.1) is 0 Å². The van der Waals surface area contributed by atoms with E-state index in [2.05, 4.69) is 15.4 Å². The Kier molecular flexibility index (Phi) is 7.30. The van der Waals surface area contributed by atoms with Gasteiger partial charge in [0.1, 0.15) is 11.5 Å². The van der Waals surface area contributed by atoms with Crippen molar-refractivity contribution >= 4 is 40.4 Å². The number of nitrogens with one attached hydrogen (secondary N) is 1. The molecule has 0 aliphatic carbocycles. The molecule has 0 radical (unpaired) electrons. The Hall–Kier alpha value is -3.62. The Morgan fingerprint density at radius 2 is 1.82 bits per heavy atom. The molecule has 4 rings (SSSR count). The fourth-order valence-corrected chi connectivity index (χ4v) is 3.87. The van der Waals surface area contributed by atoms with Crippen molar-refractivity contribution in [3.8, 4) is 11.5 Å². The van der Waals surface area contributed by atoms with E-state index in [1.165, 1.54) is 18.2 Å². The lowest BCUT2D eigenvalue weighted by Gasteiger charge is -2.32. The molecule has 0 saturated carbocycles. The lowest BCUT2D eigenvalue weighted by atomic mass is 10.0. The summed E-state index contributed by atoms with van der Waals surface area (Å²) in [4.78, 5) is 28.9. The standard InChI is InChI=1S/C25H25ClN4O4/c1-29-10-12-30(13-11-29)24(32)16-34-23-9-7-18(19-4-2-3-5-20(19)23)15-27-28-25(33)17-6-8-22(31)21(26)14-17/h2-9,14-15,31H,10-13,16H2,1H3,(H,28,33)/b27-15+. The molecular formula is C25H25ClN4O4. The highest BCUT2D eigenvalue weighted by atomic mass is 35.5. The van der Waals surface area contributed by atoms with Crippen molar-refractivity contribution < 1.29 is 19.4 Å². The van der Waals surface area contributed by atoms with Gasteiger partial charge in [0.2, 0.25) is 0 Å². The zero-order valence-corrected chi connectivity index (χ0v) is 19.5. The van der Waals surface area contributed by atoms with E-state index in [1.54, 1.807) is 12.3 Å². The maximum Gasteiger partial charge on any atom is 0.271 e. The average molecular weight is 481 g/mol. The Morgan fingerprint density at radius 1 is 1.09 bits per heavy atom. The summed E-state index contributed by atoms with van der Waals surface area (Å²) in [5, 5.41) is 15.3. The Bertz CT molecular complexity index is 1240. The number of hydrogen-bond donors (Lipinski definition) is 2. The van der Waals surface area contributed by atoms with Crippen molar-refractivity contribution in [1.82, 2.24) is 15.2 Å². The lowest BCUT2D eigenvalue weighted by Crippen LogP contribution is -2.48. The molecule has 1 heterocycles. The van der Waals surface area contributed by atoms with E-state index in [9.17, 15) is 14.7 Å². The maximum atomic E-state index is 12.5. The SMILES string of the molecule is CN1CCN(C(=O)COc2ccc(/C=N/NC(=O)c3ccc(O)c(Cl)c3)c3ccccc23)CC1. The fraction of sp³-hybridized carbons (Fsp3) is 0.240. The largest absolute Gasteiger partial charge is 0.506 e. The Morgan fingerprint density at radius 3 is 2.56 bits per heavy atom. The highest BCUT2D eigenvalue weighted by Crippen LogP contribution is 2.28. The predicted octanol–water partition coefficient (Wildman–Crippen LogP) is 3.12. The van der Waals surface area contributed by atoms with Crippen LogP contribution in [0.25, 0.3) is 10.8 Å². The normalized spacial score (nSPS) is 14.5. The zero-order chi connectivity index (χ0) is 24.1.